The summed E-state index contributed by atoms with van der Waals surface area (Å²) < 4.78 is 29.6. The van der Waals surface area contributed by atoms with Crippen LogP contribution in [0.3, 0.4) is 0 Å². The van der Waals surface area contributed by atoms with Crippen LogP contribution in [0, 0.1) is 0 Å². The first-order valence-electron chi connectivity index (χ1n) is 7.02. The molecule has 2 aromatic rings. The van der Waals surface area contributed by atoms with Gasteiger partial charge in [-0.1, -0.05) is 5.21 Å². The van der Waals surface area contributed by atoms with E-state index >= 15 is 0 Å². The highest BCUT2D eigenvalue weighted by molar-refractivity contribution is 7.90. The van der Waals surface area contributed by atoms with Crippen molar-refractivity contribution in [1.82, 2.24) is 20.3 Å². The number of amides is 1. The first-order chi connectivity index (χ1) is 11.7. The van der Waals surface area contributed by atoms with E-state index in [-0.39, 0.29) is 35.0 Å². The summed E-state index contributed by atoms with van der Waals surface area (Å²) in [6.45, 7) is 0.327. The number of nitrogens with zero attached hydrogens (tertiary/aromatic N) is 3. The molecule has 1 aromatic heterocycles. The maximum Gasteiger partial charge on any atom is 0.358 e. The largest absolute Gasteiger partial charge is 0.496 e. The topological polar surface area (TPSA) is 140 Å². The lowest BCUT2D eigenvalue weighted by atomic mass is 10.2. The number of sulfone groups is 1. The van der Waals surface area contributed by atoms with E-state index in [1.165, 1.54) is 36.2 Å². The molecule has 1 heterocycles. The molecule has 2 rings (SSSR count). The number of carboxylic acid groups (broad SMARTS) is 1. The van der Waals surface area contributed by atoms with Gasteiger partial charge in [0.25, 0.3) is 5.91 Å². The van der Waals surface area contributed by atoms with E-state index in [9.17, 15) is 18.0 Å². The Hall–Kier alpha value is -2.95. The Morgan fingerprint density at radius 3 is 2.64 bits per heavy atom. The predicted octanol–water partition coefficient (Wildman–Crippen LogP) is -0.182. The van der Waals surface area contributed by atoms with Gasteiger partial charge in [0.15, 0.2) is 15.5 Å². The van der Waals surface area contributed by atoms with Crippen LogP contribution in [0.1, 0.15) is 20.8 Å². The normalized spacial score (nSPS) is 11.1. The molecule has 0 aliphatic heterocycles. The fourth-order valence-electron chi connectivity index (χ4n) is 1.98. The molecule has 25 heavy (non-hydrogen) atoms. The fraction of sp³-hybridized carbons (Fsp3) is 0.286. The predicted molar refractivity (Wildman–Crippen MR) is 85.4 cm³/mol. The molecule has 0 saturated carbocycles. The van der Waals surface area contributed by atoms with E-state index in [1.807, 2.05) is 0 Å². The van der Waals surface area contributed by atoms with Crippen LogP contribution < -0.4 is 10.1 Å². The van der Waals surface area contributed by atoms with Gasteiger partial charge in [0.2, 0.25) is 0 Å². The summed E-state index contributed by atoms with van der Waals surface area (Å²) >= 11 is 0. The fourth-order valence-corrected chi connectivity index (χ4v) is 2.63. The molecule has 1 aromatic carbocycles. The third-order valence-corrected chi connectivity index (χ3v) is 4.34. The first kappa shape index (κ1) is 18.4. The Labute approximate surface area is 143 Å². The van der Waals surface area contributed by atoms with Crippen molar-refractivity contribution < 1.29 is 27.9 Å². The molecule has 10 nitrogen and oxygen atoms in total. The third-order valence-electron chi connectivity index (χ3n) is 3.23. The lowest BCUT2D eigenvalue weighted by molar-refractivity contribution is 0.0690. The maximum atomic E-state index is 12.3. The molecule has 11 heteroatoms. The number of aromatic carboxylic acids is 1. The van der Waals surface area contributed by atoms with Gasteiger partial charge in [0.05, 0.1) is 30.3 Å². The van der Waals surface area contributed by atoms with Crippen LogP contribution in [0.5, 0.6) is 5.75 Å². The van der Waals surface area contributed by atoms with Crippen molar-refractivity contribution in [3.05, 3.63) is 35.7 Å². The summed E-state index contributed by atoms with van der Waals surface area (Å²) in [7, 11) is -2.10. The first-order valence-corrected chi connectivity index (χ1v) is 8.91. The van der Waals surface area contributed by atoms with Crippen molar-refractivity contribution in [3.8, 4) is 5.75 Å². The summed E-state index contributed by atoms with van der Waals surface area (Å²) in [5.41, 5.74) is -0.121. The van der Waals surface area contributed by atoms with E-state index in [2.05, 4.69) is 15.6 Å². The minimum Gasteiger partial charge on any atom is -0.496 e. The minimum atomic E-state index is -3.47. The summed E-state index contributed by atoms with van der Waals surface area (Å²) in [5.74, 6) is -1.49. The monoisotopic (exact) mass is 368 g/mol. The van der Waals surface area contributed by atoms with Crippen LogP contribution in [0.2, 0.25) is 0 Å². The molecule has 0 fully saturated rings. The van der Waals surface area contributed by atoms with Gasteiger partial charge in [-0.2, -0.15) is 0 Å². The molecule has 0 aliphatic carbocycles. The van der Waals surface area contributed by atoms with Crippen LogP contribution in [0.4, 0.5) is 0 Å². The van der Waals surface area contributed by atoms with Crippen molar-refractivity contribution in [2.24, 2.45) is 0 Å². The molecule has 1 amide bonds. The summed E-state index contributed by atoms with van der Waals surface area (Å²) in [6.07, 6.45) is 2.28. The second kappa shape index (κ2) is 7.30. The van der Waals surface area contributed by atoms with Gasteiger partial charge in [-0.05, 0) is 18.2 Å². The zero-order valence-electron chi connectivity index (χ0n) is 13.5. The van der Waals surface area contributed by atoms with E-state index in [1.54, 1.807) is 0 Å². The minimum absolute atomic E-state index is 0.000765. The maximum absolute atomic E-state index is 12.3. The molecule has 0 unspecified atom stereocenters. The zero-order valence-corrected chi connectivity index (χ0v) is 14.3. The number of aromatic nitrogens is 3. The molecule has 2 N–H and O–H groups in total. The lowest BCUT2D eigenvalue weighted by Gasteiger charge is -2.10. The Bertz CT molecular complexity index is 906. The summed E-state index contributed by atoms with van der Waals surface area (Å²) in [5, 5.41) is 18.4. The number of nitrogens with one attached hydrogen (secondary N) is 1. The Morgan fingerprint density at radius 2 is 2.08 bits per heavy atom. The molecule has 134 valence electrons. The van der Waals surface area contributed by atoms with E-state index in [4.69, 9.17) is 9.84 Å². The molecule has 0 bridgehead atoms. The number of rotatable bonds is 7. The van der Waals surface area contributed by atoms with Gasteiger partial charge >= 0.3 is 5.97 Å². The van der Waals surface area contributed by atoms with Crippen LogP contribution >= 0.6 is 0 Å². The highest BCUT2D eigenvalue weighted by atomic mass is 32.2. The Kier molecular flexibility index (Phi) is 5.37. The number of ether oxygens (including phenoxy) is 1. The highest BCUT2D eigenvalue weighted by Crippen LogP contribution is 2.22. The van der Waals surface area contributed by atoms with E-state index < -0.39 is 21.7 Å². The number of hydrogen-bond donors (Lipinski definition) is 2. The Balaban J connectivity index is 2.08. The van der Waals surface area contributed by atoms with Crippen molar-refractivity contribution >= 4 is 21.7 Å². The van der Waals surface area contributed by atoms with Crippen LogP contribution in [0.25, 0.3) is 0 Å². The smallest absolute Gasteiger partial charge is 0.358 e. The number of carboxylic acids is 1. The molecule has 0 saturated heterocycles. The van der Waals surface area contributed by atoms with Crippen LogP contribution in [-0.4, -0.2) is 60.3 Å². The molecule has 0 spiro atoms. The van der Waals surface area contributed by atoms with Crippen LogP contribution in [-0.2, 0) is 16.4 Å². The Morgan fingerprint density at radius 1 is 1.36 bits per heavy atom. The van der Waals surface area contributed by atoms with Crippen molar-refractivity contribution in [2.45, 2.75) is 11.4 Å². The van der Waals surface area contributed by atoms with Crippen molar-refractivity contribution in [1.29, 1.82) is 0 Å². The number of benzene rings is 1. The third kappa shape index (κ3) is 4.53. The average Bonchev–Trinajstić information content (AvgIpc) is 3.02. The molecule has 0 atom stereocenters. The molecular weight excluding hydrogens is 352 g/mol. The van der Waals surface area contributed by atoms with Gasteiger partial charge in [-0.3, -0.25) is 4.79 Å². The average molecular weight is 368 g/mol. The van der Waals surface area contributed by atoms with Crippen molar-refractivity contribution in [3.63, 3.8) is 0 Å². The van der Waals surface area contributed by atoms with E-state index in [0.29, 0.717) is 0 Å². The highest BCUT2D eigenvalue weighted by Gasteiger charge is 2.17. The molecular formula is C14H16N4O6S. The quantitative estimate of drug-likeness (QED) is 0.686. The van der Waals surface area contributed by atoms with Gasteiger partial charge in [-0.15, -0.1) is 5.10 Å². The lowest BCUT2D eigenvalue weighted by Crippen LogP contribution is -2.28. The van der Waals surface area contributed by atoms with Gasteiger partial charge in [-0.25, -0.2) is 17.9 Å². The van der Waals surface area contributed by atoms with E-state index in [0.717, 1.165) is 6.26 Å². The number of carbonyl (C=O) groups is 2. The number of methoxy groups -OCH3 is 1. The second-order valence-electron chi connectivity index (χ2n) is 5.06. The zero-order chi connectivity index (χ0) is 18.6. The molecule has 0 aliphatic rings. The number of carbonyl (C=O) groups excluding carboxylic acids is 1. The van der Waals surface area contributed by atoms with Crippen molar-refractivity contribution in [2.75, 3.05) is 19.9 Å². The van der Waals surface area contributed by atoms with Crippen LogP contribution in [0.15, 0.2) is 29.3 Å². The summed E-state index contributed by atoms with van der Waals surface area (Å²) in [4.78, 5) is 23.0. The van der Waals surface area contributed by atoms with Gasteiger partial charge in [0, 0.05) is 12.8 Å². The standard InChI is InChI=1S/C14H16N4O6S/c1-24-12-4-3-9(25(2,22)23)7-10(12)13(19)15-5-6-18-8-11(14(20)21)16-17-18/h3-4,7-8H,5-6H2,1-2H3,(H,15,19)(H,20,21). The summed E-state index contributed by atoms with van der Waals surface area (Å²) in [6, 6.07) is 4.00. The van der Waals surface area contributed by atoms with Gasteiger partial charge in [0.1, 0.15) is 5.75 Å². The van der Waals surface area contributed by atoms with Gasteiger partial charge < -0.3 is 15.2 Å². The second-order valence-corrected chi connectivity index (χ2v) is 7.08. The SMILES string of the molecule is COc1ccc(S(C)(=O)=O)cc1C(=O)NCCn1cc(C(=O)O)nn1. The molecule has 0 radical (unpaired) electrons. The number of hydrogen-bond acceptors (Lipinski definition) is 7.